The Balaban J connectivity index is 1.47. The van der Waals surface area contributed by atoms with Crippen LogP contribution < -0.4 is 0 Å². The number of carbonyl (C=O) groups excluding carboxylic acids is 2. The Hall–Kier alpha value is -4.72. The van der Waals surface area contributed by atoms with Crippen LogP contribution in [0.3, 0.4) is 0 Å². The first-order valence-corrected chi connectivity index (χ1v) is 13.7. The van der Waals surface area contributed by atoms with Gasteiger partial charge >= 0.3 is 6.18 Å². The monoisotopic (exact) mass is 569 g/mol. The summed E-state index contributed by atoms with van der Waals surface area (Å²) in [6.45, 7) is 1.08. The molecule has 2 heterocycles. The molecule has 0 saturated heterocycles. The molecule has 4 aromatic rings. The van der Waals surface area contributed by atoms with E-state index in [4.69, 9.17) is 0 Å². The number of carbonyl (C=O) groups is 2. The van der Waals surface area contributed by atoms with Gasteiger partial charge in [0.05, 0.1) is 17.8 Å². The maximum Gasteiger partial charge on any atom is 0.416 e. The molecule has 1 aliphatic heterocycles. The van der Waals surface area contributed by atoms with E-state index in [1.165, 1.54) is 34.7 Å². The van der Waals surface area contributed by atoms with Crippen LogP contribution in [0.5, 0.6) is 0 Å². The fourth-order valence-corrected chi connectivity index (χ4v) is 5.12. The van der Waals surface area contributed by atoms with Crippen molar-refractivity contribution in [2.75, 3.05) is 6.54 Å². The molecule has 1 unspecified atom stereocenters. The Kier molecular flexibility index (Phi) is 8.81. The highest BCUT2D eigenvalue weighted by Gasteiger charge is 2.34. The summed E-state index contributed by atoms with van der Waals surface area (Å²) in [5.74, 6) is -0.604. The minimum absolute atomic E-state index is 0.0880. The van der Waals surface area contributed by atoms with E-state index in [-0.39, 0.29) is 12.5 Å². The summed E-state index contributed by atoms with van der Waals surface area (Å²) in [7, 11) is 0. The number of benzene rings is 3. The number of rotatable bonds is 8. The highest BCUT2D eigenvalue weighted by molar-refractivity contribution is 5.95. The summed E-state index contributed by atoms with van der Waals surface area (Å²) in [4.78, 5) is 35.8. The molecule has 5 rings (SSSR count). The highest BCUT2D eigenvalue weighted by atomic mass is 19.4. The van der Waals surface area contributed by atoms with Crippen LogP contribution in [0.4, 0.5) is 13.2 Å². The highest BCUT2D eigenvalue weighted by Crippen LogP contribution is 2.29. The van der Waals surface area contributed by atoms with Gasteiger partial charge in [-0.25, -0.2) is 0 Å². The van der Waals surface area contributed by atoms with Crippen LogP contribution in [0, 0.1) is 0 Å². The fourth-order valence-electron chi connectivity index (χ4n) is 5.12. The Bertz CT molecular complexity index is 1540. The Morgan fingerprint density at radius 3 is 2.26 bits per heavy atom. The zero-order valence-corrected chi connectivity index (χ0v) is 22.9. The molecule has 214 valence electrons. The molecular weight excluding hydrogens is 539 g/mol. The molecule has 0 bridgehead atoms. The molecule has 0 saturated carbocycles. The van der Waals surface area contributed by atoms with Crippen LogP contribution in [0.2, 0.25) is 0 Å². The number of fused-ring (bicyclic) bond motifs is 1. The second kappa shape index (κ2) is 12.9. The van der Waals surface area contributed by atoms with Gasteiger partial charge in [-0.15, -0.1) is 0 Å². The molecule has 0 N–H and O–H groups in total. The molecule has 1 aliphatic rings. The number of aromatic nitrogens is 1. The van der Waals surface area contributed by atoms with Gasteiger partial charge in [0.1, 0.15) is 6.04 Å². The third-order valence-electron chi connectivity index (χ3n) is 7.37. The van der Waals surface area contributed by atoms with Crippen LogP contribution >= 0.6 is 0 Å². The van der Waals surface area contributed by atoms with Gasteiger partial charge in [-0.3, -0.25) is 14.6 Å². The number of alkyl halides is 3. The van der Waals surface area contributed by atoms with Crippen molar-refractivity contribution in [2.24, 2.45) is 0 Å². The van der Waals surface area contributed by atoms with Crippen LogP contribution in [0.15, 0.2) is 109 Å². The lowest BCUT2D eigenvalue weighted by Crippen LogP contribution is -2.52. The predicted molar refractivity (Wildman–Crippen MR) is 155 cm³/mol. The molecule has 0 fully saturated rings. The van der Waals surface area contributed by atoms with Crippen molar-refractivity contribution in [3.8, 4) is 0 Å². The van der Waals surface area contributed by atoms with Gasteiger partial charge in [-0.1, -0.05) is 72.8 Å². The zero-order chi connectivity index (χ0) is 29.5. The standard InChI is InChI=1S/C34H30F3N3O2/c35-34(36,37)29-16-13-25(14-17-29)15-18-32(41)40(24-30-12-6-7-20-38-30)31(22-26-8-2-1-3-9-26)33(42)39-21-19-27-10-4-5-11-28(27)23-39/h1-18,20,31H,19,21-24H2. The SMILES string of the molecule is O=C(C(Cc1ccccc1)N(Cc1ccccn1)C(=O)C=Cc1ccc(C(F)(F)F)cc1)N1CCc2ccccc2C1. The number of hydrogen-bond donors (Lipinski definition) is 0. The molecule has 0 spiro atoms. The average Bonchev–Trinajstić information content (AvgIpc) is 3.01. The Morgan fingerprint density at radius 2 is 1.57 bits per heavy atom. The van der Waals surface area contributed by atoms with Crippen molar-refractivity contribution in [3.05, 3.63) is 143 Å². The molecule has 0 aliphatic carbocycles. The molecular formula is C34H30F3N3O2. The van der Waals surface area contributed by atoms with E-state index in [0.717, 1.165) is 29.7 Å². The summed E-state index contributed by atoms with van der Waals surface area (Å²) in [6.07, 6.45) is 0.979. The summed E-state index contributed by atoms with van der Waals surface area (Å²) < 4.78 is 39.0. The molecule has 3 aromatic carbocycles. The van der Waals surface area contributed by atoms with Gasteiger partial charge in [-0.05, 0) is 59.0 Å². The third-order valence-corrected chi connectivity index (χ3v) is 7.37. The number of halogens is 3. The summed E-state index contributed by atoms with van der Waals surface area (Å²) in [5, 5.41) is 0. The quantitative estimate of drug-likeness (QED) is 0.233. The summed E-state index contributed by atoms with van der Waals surface area (Å²) >= 11 is 0. The molecule has 1 atom stereocenters. The third kappa shape index (κ3) is 7.13. The number of hydrogen-bond acceptors (Lipinski definition) is 3. The number of nitrogens with zero attached hydrogens (tertiary/aromatic N) is 3. The van der Waals surface area contributed by atoms with Crippen LogP contribution in [-0.4, -0.2) is 39.2 Å². The molecule has 0 radical (unpaired) electrons. The average molecular weight is 570 g/mol. The van der Waals surface area contributed by atoms with Gasteiger partial charge in [0.15, 0.2) is 0 Å². The normalized spacial score (nSPS) is 13.9. The van der Waals surface area contributed by atoms with E-state index >= 15 is 0 Å². The van der Waals surface area contributed by atoms with Crippen molar-refractivity contribution < 1.29 is 22.8 Å². The molecule has 42 heavy (non-hydrogen) atoms. The first-order valence-electron chi connectivity index (χ1n) is 13.7. The maximum atomic E-state index is 14.2. The van der Waals surface area contributed by atoms with Gasteiger partial charge < -0.3 is 9.80 Å². The maximum absolute atomic E-state index is 14.2. The number of amides is 2. The van der Waals surface area contributed by atoms with E-state index in [2.05, 4.69) is 11.1 Å². The van der Waals surface area contributed by atoms with E-state index in [1.807, 2.05) is 54.6 Å². The van der Waals surface area contributed by atoms with E-state index in [1.54, 1.807) is 23.2 Å². The van der Waals surface area contributed by atoms with Crippen molar-refractivity contribution >= 4 is 17.9 Å². The van der Waals surface area contributed by atoms with E-state index < -0.39 is 23.7 Å². The van der Waals surface area contributed by atoms with E-state index in [0.29, 0.717) is 30.8 Å². The molecule has 1 aromatic heterocycles. The minimum atomic E-state index is -4.45. The fraction of sp³-hybridized carbons (Fsp3) is 0.206. The van der Waals surface area contributed by atoms with E-state index in [9.17, 15) is 22.8 Å². The minimum Gasteiger partial charge on any atom is -0.336 e. The summed E-state index contributed by atoms with van der Waals surface area (Å²) in [6, 6.07) is 26.7. The Morgan fingerprint density at radius 1 is 0.881 bits per heavy atom. The van der Waals surface area contributed by atoms with Crippen molar-refractivity contribution in [2.45, 2.75) is 38.1 Å². The second-order valence-electron chi connectivity index (χ2n) is 10.2. The van der Waals surface area contributed by atoms with Crippen LogP contribution in [0.1, 0.15) is 33.5 Å². The van der Waals surface area contributed by atoms with Crippen molar-refractivity contribution in [1.29, 1.82) is 0 Å². The van der Waals surface area contributed by atoms with Crippen LogP contribution in [0.25, 0.3) is 6.08 Å². The topological polar surface area (TPSA) is 53.5 Å². The van der Waals surface area contributed by atoms with Crippen molar-refractivity contribution in [1.82, 2.24) is 14.8 Å². The Labute approximate surface area is 242 Å². The van der Waals surface area contributed by atoms with Crippen LogP contribution in [-0.2, 0) is 41.7 Å². The lowest BCUT2D eigenvalue weighted by molar-refractivity contribution is -0.144. The van der Waals surface area contributed by atoms with Gasteiger partial charge in [0.25, 0.3) is 0 Å². The largest absolute Gasteiger partial charge is 0.416 e. The van der Waals surface area contributed by atoms with Gasteiger partial charge in [-0.2, -0.15) is 13.2 Å². The summed E-state index contributed by atoms with van der Waals surface area (Å²) in [5.41, 5.74) is 3.48. The zero-order valence-electron chi connectivity index (χ0n) is 22.9. The van der Waals surface area contributed by atoms with Crippen molar-refractivity contribution in [3.63, 3.8) is 0 Å². The second-order valence-corrected chi connectivity index (χ2v) is 10.2. The van der Waals surface area contributed by atoms with Gasteiger partial charge in [0.2, 0.25) is 11.8 Å². The molecule has 8 heteroatoms. The number of pyridine rings is 1. The lowest BCUT2D eigenvalue weighted by atomic mass is 9.97. The van der Waals surface area contributed by atoms with Gasteiger partial charge in [0, 0.05) is 31.8 Å². The first-order chi connectivity index (χ1) is 20.3. The predicted octanol–water partition coefficient (Wildman–Crippen LogP) is 6.34. The smallest absolute Gasteiger partial charge is 0.336 e. The first kappa shape index (κ1) is 28.8. The molecule has 5 nitrogen and oxygen atoms in total. The lowest BCUT2D eigenvalue weighted by Gasteiger charge is -2.36. The molecule has 2 amide bonds.